The second-order valence-corrected chi connectivity index (χ2v) is 5.26. The lowest BCUT2D eigenvalue weighted by atomic mass is 10.1. The zero-order valence-electron chi connectivity index (χ0n) is 14.1. The number of aryl methyl sites for hydroxylation is 1. The fraction of sp³-hybridized carbons (Fsp3) is 0.222. The Morgan fingerprint density at radius 1 is 1.23 bits per heavy atom. The molecule has 0 aliphatic heterocycles. The molecule has 0 unspecified atom stereocenters. The van der Waals surface area contributed by atoms with Crippen LogP contribution in [0.2, 0.25) is 0 Å². The summed E-state index contributed by atoms with van der Waals surface area (Å²) < 4.78 is 9.79. The van der Waals surface area contributed by atoms with Gasteiger partial charge in [-0.3, -0.25) is 19.7 Å². The molecule has 0 bridgehead atoms. The molecule has 1 aromatic heterocycles. The highest BCUT2D eigenvalue weighted by atomic mass is 16.6. The molecule has 8 nitrogen and oxygen atoms in total. The van der Waals surface area contributed by atoms with Gasteiger partial charge >= 0.3 is 11.9 Å². The van der Waals surface area contributed by atoms with Crippen molar-refractivity contribution in [1.29, 1.82) is 0 Å². The maximum Gasteiger partial charge on any atom is 0.433 e. The highest BCUT2D eigenvalue weighted by molar-refractivity contribution is 6.01. The fourth-order valence-electron chi connectivity index (χ4n) is 2.11. The van der Waals surface area contributed by atoms with Gasteiger partial charge in [0.25, 0.3) is 0 Å². The molecular formula is C18H18N2O6. The van der Waals surface area contributed by atoms with Crippen molar-refractivity contribution in [3.63, 3.8) is 0 Å². The van der Waals surface area contributed by atoms with E-state index in [2.05, 4.69) is 5.32 Å². The zero-order chi connectivity index (χ0) is 18.9. The molecule has 2 aromatic rings. The molecule has 0 spiro atoms. The van der Waals surface area contributed by atoms with E-state index in [-0.39, 0.29) is 17.6 Å². The van der Waals surface area contributed by atoms with Gasteiger partial charge in [0.05, 0.1) is 12.7 Å². The van der Waals surface area contributed by atoms with Crippen LogP contribution < -0.4 is 5.32 Å². The van der Waals surface area contributed by atoms with Crippen LogP contribution in [0.4, 0.5) is 11.6 Å². The Bertz CT molecular complexity index is 807. The molecule has 0 saturated heterocycles. The van der Waals surface area contributed by atoms with E-state index in [0.29, 0.717) is 25.1 Å². The SMILES string of the molecule is CCOC(=O)CCc1ccc(NC(=O)/C=C\c2ccc([N+](=O)[O-])o2)cc1. The van der Waals surface area contributed by atoms with Crippen molar-refractivity contribution in [3.8, 4) is 0 Å². The third kappa shape index (κ3) is 5.90. The van der Waals surface area contributed by atoms with E-state index in [1.807, 2.05) is 12.1 Å². The Labute approximate surface area is 149 Å². The number of nitrogens with one attached hydrogen (secondary N) is 1. The van der Waals surface area contributed by atoms with Crippen molar-refractivity contribution in [1.82, 2.24) is 0 Å². The molecule has 0 radical (unpaired) electrons. The lowest BCUT2D eigenvalue weighted by molar-refractivity contribution is -0.402. The Kier molecular flexibility index (Phi) is 6.67. The highest BCUT2D eigenvalue weighted by Gasteiger charge is 2.10. The van der Waals surface area contributed by atoms with Gasteiger partial charge in [-0.2, -0.15) is 0 Å². The number of ether oxygens (including phenoxy) is 1. The summed E-state index contributed by atoms with van der Waals surface area (Å²) in [6.45, 7) is 2.12. The lowest BCUT2D eigenvalue weighted by Crippen LogP contribution is -2.08. The summed E-state index contributed by atoms with van der Waals surface area (Å²) in [5, 5.41) is 13.2. The molecule has 2 rings (SSSR count). The van der Waals surface area contributed by atoms with Gasteiger partial charge in [-0.1, -0.05) is 12.1 Å². The average Bonchev–Trinajstić information content (AvgIpc) is 3.09. The molecule has 8 heteroatoms. The first-order valence-electron chi connectivity index (χ1n) is 7.95. The Morgan fingerprint density at radius 3 is 2.58 bits per heavy atom. The Balaban J connectivity index is 1.85. The number of carbonyl (C=O) groups is 2. The summed E-state index contributed by atoms with van der Waals surface area (Å²) in [6, 6.07) is 9.70. The summed E-state index contributed by atoms with van der Waals surface area (Å²) in [5.74, 6) is -0.818. The lowest BCUT2D eigenvalue weighted by Gasteiger charge is -2.05. The molecule has 0 aliphatic carbocycles. The quantitative estimate of drug-likeness (QED) is 0.335. The van der Waals surface area contributed by atoms with E-state index in [1.165, 1.54) is 24.3 Å². The minimum atomic E-state index is -0.652. The van der Waals surface area contributed by atoms with Crippen LogP contribution >= 0.6 is 0 Å². The summed E-state index contributed by atoms with van der Waals surface area (Å²) >= 11 is 0. The maximum atomic E-state index is 11.9. The summed E-state index contributed by atoms with van der Waals surface area (Å²) in [5.41, 5.74) is 1.54. The van der Waals surface area contributed by atoms with Gasteiger partial charge in [0.2, 0.25) is 5.91 Å². The molecule has 1 heterocycles. The third-order valence-corrected chi connectivity index (χ3v) is 3.34. The van der Waals surface area contributed by atoms with Gasteiger partial charge in [-0.15, -0.1) is 0 Å². The standard InChI is InChI=1S/C18H18N2O6/c1-2-25-18(22)12-5-13-3-6-14(7-4-13)19-16(21)10-8-15-9-11-17(26-15)20(23)24/h3-4,6-11H,2,5,12H2,1H3,(H,19,21)/b10-8-. The van der Waals surface area contributed by atoms with E-state index < -0.39 is 10.8 Å². The van der Waals surface area contributed by atoms with Gasteiger partial charge in [-0.25, -0.2) is 0 Å². The number of furan rings is 1. The molecule has 26 heavy (non-hydrogen) atoms. The molecule has 0 saturated carbocycles. The number of benzene rings is 1. The van der Waals surface area contributed by atoms with Gasteiger partial charge in [0.15, 0.2) is 0 Å². The van der Waals surface area contributed by atoms with Gasteiger partial charge in [0.1, 0.15) is 10.7 Å². The van der Waals surface area contributed by atoms with E-state index in [0.717, 1.165) is 5.56 Å². The van der Waals surface area contributed by atoms with Crippen molar-refractivity contribution in [3.05, 3.63) is 63.9 Å². The number of nitro groups is 1. The highest BCUT2D eigenvalue weighted by Crippen LogP contribution is 2.17. The van der Waals surface area contributed by atoms with Crippen LogP contribution in [0.5, 0.6) is 0 Å². The maximum absolute atomic E-state index is 11.9. The van der Waals surface area contributed by atoms with Crippen molar-refractivity contribution >= 4 is 29.5 Å². The van der Waals surface area contributed by atoms with Crippen LogP contribution in [-0.4, -0.2) is 23.4 Å². The Hall–Kier alpha value is -3.42. The van der Waals surface area contributed by atoms with Crippen LogP contribution in [0.3, 0.4) is 0 Å². The van der Waals surface area contributed by atoms with Crippen molar-refractivity contribution in [2.45, 2.75) is 19.8 Å². The smallest absolute Gasteiger partial charge is 0.433 e. The summed E-state index contributed by atoms with van der Waals surface area (Å²) in [4.78, 5) is 33.1. The number of rotatable bonds is 8. The monoisotopic (exact) mass is 358 g/mol. The largest absolute Gasteiger partial charge is 0.466 e. The predicted octanol–water partition coefficient (Wildman–Crippen LogP) is 3.34. The molecular weight excluding hydrogens is 340 g/mol. The number of esters is 1. The van der Waals surface area contributed by atoms with Crippen LogP contribution in [0, 0.1) is 10.1 Å². The molecule has 0 atom stereocenters. The summed E-state index contributed by atoms with van der Waals surface area (Å²) in [7, 11) is 0. The van der Waals surface area contributed by atoms with Crippen molar-refractivity contribution < 1.29 is 23.7 Å². The molecule has 1 N–H and O–H groups in total. The molecule has 0 aliphatic rings. The van der Waals surface area contributed by atoms with Gasteiger partial charge in [0, 0.05) is 18.2 Å². The minimum Gasteiger partial charge on any atom is -0.466 e. The van der Waals surface area contributed by atoms with E-state index in [1.54, 1.807) is 19.1 Å². The molecule has 0 fully saturated rings. The van der Waals surface area contributed by atoms with Gasteiger partial charge < -0.3 is 14.5 Å². The van der Waals surface area contributed by atoms with Crippen molar-refractivity contribution in [2.24, 2.45) is 0 Å². The first-order chi connectivity index (χ1) is 12.5. The topological polar surface area (TPSA) is 112 Å². The molecule has 136 valence electrons. The third-order valence-electron chi connectivity index (χ3n) is 3.34. The first-order valence-corrected chi connectivity index (χ1v) is 7.95. The average molecular weight is 358 g/mol. The second kappa shape index (κ2) is 9.16. The van der Waals surface area contributed by atoms with Crippen LogP contribution in [-0.2, 0) is 20.7 Å². The number of hydrogen-bond donors (Lipinski definition) is 1. The number of amides is 1. The van der Waals surface area contributed by atoms with Gasteiger partial charge in [-0.05, 0) is 43.2 Å². The normalized spacial score (nSPS) is 10.7. The van der Waals surface area contributed by atoms with Crippen molar-refractivity contribution in [2.75, 3.05) is 11.9 Å². The molecule has 1 aromatic carbocycles. The Morgan fingerprint density at radius 2 is 1.96 bits per heavy atom. The number of nitrogens with zero attached hydrogens (tertiary/aromatic N) is 1. The van der Waals surface area contributed by atoms with Crippen LogP contribution in [0.15, 0.2) is 46.9 Å². The number of anilines is 1. The van der Waals surface area contributed by atoms with Crippen LogP contribution in [0.25, 0.3) is 6.08 Å². The first kappa shape index (κ1) is 18.9. The fourth-order valence-corrected chi connectivity index (χ4v) is 2.11. The zero-order valence-corrected chi connectivity index (χ0v) is 14.1. The second-order valence-electron chi connectivity index (χ2n) is 5.26. The van der Waals surface area contributed by atoms with Crippen LogP contribution in [0.1, 0.15) is 24.7 Å². The number of carbonyl (C=O) groups excluding carboxylic acids is 2. The predicted molar refractivity (Wildman–Crippen MR) is 94.4 cm³/mol. The summed E-state index contributed by atoms with van der Waals surface area (Å²) in [6.07, 6.45) is 3.43. The molecule has 1 amide bonds. The van der Waals surface area contributed by atoms with E-state index in [4.69, 9.17) is 9.15 Å². The number of hydrogen-bond acceptors (Lipinski definition) is 6. The van der Waals surface area contributed by atoms with E-state index >= 15 is 0 Å². The minimum absolute atomic E-state index is 0.209. The van der Waals surface area contributed by atoms with E-state index in [9.17, 15) is 19.7 Å².